The van der Waals surface area contributed by atoms with Crippen LogP contribution in [-0.2, 0) is 0 Å². The average molecular weight is 280 g/mol. The lowest BCUT2D eigenvalue weighted by atomic mass is 10.2. The normalized spacial score (nSPS) is 11.1. The Labute approximate surface area is 121 Å². The zero-order valence-corrected chi connectivity index (χ0v) is 13.1. The minimum absolute atomic E-state index is 0.346. The van der Waals surface area contributed by atoms with E-state index in [1.807, 2.05) is 12.1 Å². The largest absolute Gasteiger partial charge is 0.388 e. The summed E-state index contributed by atoms with van der Waals surface area (Å²) >= 11 is 4.99. The molecule has 5 heteroatoms. The number of hydrogen-bond acceptors (Lipinski definition) is 4. The highest BCUT2D eigenvalue weighted by molar-refractivity contribution is 7.80. The predicted octanol–water partition coefficient (Wildman–Crippen LogP) is 1.74. The number of nitrogens with zero attached hydrogens (tertiary/aromatic N) is 3. The van der Waals surface area contributed by atoms with Crippen molar-refractivity contribution in [2.45, 2.75) is 13.8 Å². The van der Waals surface area contributed by atoms with Gasteiger partial charge in [0.25, 0.3) is 0 Å². The lowest BCUT2D eigenvalue weighted by Gasteiger charge is -2.28. The van der Waals surface area contributed by atoms with Gasteiger partial charge in [-0.2, -0.15) is 0 Å². The Balaban J connectivity index is 2.89. The van der Waals surface area contributed by atoms with Gasteiger partial charge in [0.05, 0.1) is 5.69 Å². The molecule has 0 aliphatic carbocycles. The standard InChI is InChI=1S/C14H24N4S/c1-11(2)10-18(8-7-17(3)4)12-5-6-16-13(9-12)14(15)19/h5-6,9,11H,7-8,10H2,1-4H3,(H2,15,19). The van der Waals surface area contributed by atoms with Gasteiger partial charge in [0.1, 0.15) is 4.99 Å². The van der Waals surface area contributed by atoms with Crippen molar-refractivity contribution in [2.75, 3.05) is 38.6 Å². The fourth-order valence-electron chi connectivity index (χ4n) is 1.84. The molecule has 1 rings (SSSR count). The fourth-order valence-corrected chi connectivity index (χ4v) is 1.95. The van der Waals surface area contributed by atoms with Crippen LogP contribution in [0.4, 0.5) is 5.69 Å². The van der Waals surface area contributed by atoms with Crippen LogP contribution >= 0.6 is 12.2 Å². The second kappa shape index (κ2) is 7.40. The van der Waals surface area contributed by atoms with E-state index in [1.165, 1.54) is 0 Å². The minimum atomic E-state index is 0.346. The monoisotopic (exact) mass is 280 g/mol. The molecule has 0 aromatic carbocycles. The Kier molecular flexibility index (Phi) is 6.18. The van der Waals surface area contributed by atoms with E-state index in [9.17, 15) is 0 Å². The fraction of sp³-hybridized carbons (Fsp3) is 0.571. The topological polar surface area (TPSA) is 45.4 Å². The van der Waals surface area contributed by atoms with Crippen LogP contribution in [0.25, 0.3) is 0 Å². The van der Waals surface area contributed by atoms with Crippen molar-refractivity contribution in [3.63, 3.8) is 0 Å². The zero-order chi connectivity index (χ0) is 14.4. The smallest absolute Gasteiger partial charge is 0.122 e. The van der Waals surface area contributed by atoms with Crippen molar-refractivity contribution in [1.82, 2.24) is 9.88 Å². The first-order chi connectivity index (χ1) is 8.90. The van der Waals surface area contributed by atoms with Crippen LogP contribution in [0.15, 0.2) is 18.3 Å². The summed E-state index contributed by atoms with van der Waals surface area (Å²) in [5.74, 6) is 0.601. The number of rotatable bonds is 7. The molecule has 0 radical (unpaired) electrons. The molecule has 0 spiro atoms. The zero-order valence-electron chi connectivity index (χ0n) is 12.3. The molecular formula is C14H24N4S. The Bertz CT molecular complexity index is 418. The molecule has 0 saturated carbocycles. The van der Waals surface area contributed by atoms with Gasteiger partial charge in [0.15, 0.2) is 0 Å². The summed E-state index contributed by atoms with van der Waals surface area (Å²) in [4.78, 5) is 9.08. The van der Waals surface area contributed by atoms with Crippen LogP contribution in [0.2, 0.25) is 0 Å². The van der Waals surface area contributed by atoms with E-state index in [0.717, 1.165) is 25.3 Å². The van der Waals surface area contributed by atoms with Crippen molar-refractivity contribution in [1.29, 1.82) is 0 Å². The highest BCUT2D eigenvalue weighted by atomic mass is 32.1. The van der Waals surface area contributed by atoms with Gasteiger partial charge in [-0.3, -0.25) is 4.98 Å². The molecule has 106 valence electrons. The Morgan fingerprint density at radius 1 is 1.37 bits per heavy atom. The minimum Gasteiger partial charge on any atom is -0.388 e. The molecule has 1 aromatic rings. The molecule has 2 N–H and O–H groups in total. The molecule has 1 aromatic heterocycles. The van der Waals surface area contributed by atoms with Gasteiger partial charge in [-0.05, 0) is 32.1 Å². The molecule has 0 amide bonds. The number of likely N-dealkylation sites (N-methyl/N-ethyl adjacent to an activating group) is 1. The average Bonchev–Trinajstić information content (AvgIpc) is 2.34. The first-order valence-electron chi connectivity index (χ1n) is 6.55. The van der Waals surface area contributed by atoms with Crippen molar-refractivity contribution < 1.29 is 0 Å². The maximum absolute atomic E-state index is 5.65. The maximum atomic E-state index is 5.65. The summed E-state index contributed by atoms with van der Waals surface area (Å²) in [5.41, 5.74) is 7.47. The molecule has 4 nitrogen and oxygen atoms in total. The van der Waals surface area contributed by atoms with Crippen LogP contribution in [0.3, 0.4) is 0 Å². The summed E-state index contributed by atoms with van der Waals surface area (Å²) < 4.78 is 0. The number of anilines is 1. The van der Waals surface area contributed by atoms with Crippen LogP contribution in [0.1, 0.15) is 19.5 Å². The number of nitrogens with two attached hydrogens (primary N) is 1. The highest BCUT2D eigenvalue weighted by Gasteiger charge is 2.10. The van der Waals surface area contributed by atoms with Crippen molar-refractivity contribution in [2.24, 2.45) is 11.7 Å². The molecule has 0 atom stereocenters. The maximum Gasteiger partial charge on any atom is 0.122 e. The summed E-state index contributed by atoms with van der Waals surface area (Å²) in [6.45, 7) is 7.44. The molecule has 0 aliphatic rings. The van der Waals surface area contributed by atoms with Crippen molar-refractivity contribution in [3.8, 4) is 0 Å². The van der Waals surface area contributed by atoms with Gasteiger partial charge in [-0.1, -0.05) is 26.1 Å². The molecule has 0 fully saturated rings. The third kappa shape index (κ3) is 5.53. The van der Waals surface area contributed by atoms with Crippen LogP contribution < -0.4 is 10.6 Å². The first-order valence-corrected chi connectivity index (χ1v) is 6.96. The van der Waals surface area contributed by atoms with Crippen LogP contribution in [0.5, 0.6) is 0 Å². The van der Waals surface area contributed by atoms with E-state index in [4.69, 9.17) is 18.0 Å². The quantitative estimate of drug-likeness (QED) is 0.771. The van der Waals surface area contributed by atoms with Gasteiger partial charge in [0, 0.05) is 31.5 Å². The third-order valence-corrected chi connectivity index (χ3v) is 2.97. The number of pyridine rings is 1. The van der Waals surface area contributed by atoms with Gasteiger partial charge < -0.3 is 15.5 Å². The van der Waals surface area contributed by atoms with E-state index in [2.05, 4.69) is 42.7 Å². The number of thiocarbonyl (C=S) groups is 1. The molecule has 0 unspecified atom stereocenters. The molecule has 19 heavy (non-hydrogen) atoms. The summed E-state index contributed by atoms with van der Waals surface area (Å²) in [5, 5.41) is 0. The Morgan fingerprint density at radius 2 is 2.05 bits per heavy atom. The third-order valence-electron chi connectivity index (χ3n) is 2.76. The number of aromatic nitrogens is 1. The molecule has 0 bridgehead atoms. The summed E-state index contributed by atoms with van der Waals surface area (Å²) in [6, 6.07) is 3.99. The van der Waals surface area contributed by atoms with Gasteiger partial charge in [-0.25, -0.2) is 0 Å². The van der Waals surface area contributed by atoms with Crippen molar-refractivity contribution >= 4 is 22.9 Å². The van der Waals surface area contributed by atoms with Gasteiger partial charge >= 0.3 is 0 Å². The van der Waals surface area contributed by atoms with Gasteiger partial charge in [-0.15, -0.1) is 0 Å². The molecular weight excluding hydrogens is 256 g/mol. The lowest BCUT2D eigenvalue weighted by Crippen LogP contribution is -2.34. The van der Waals surface area contributed by atoms with Gasteiger partial charge in [0.2, 0.25) is 0 Å². The first kappa shape index (κ1) is 15.9. The number of hydrogen-bond donors (Lipinski definition) is 1. The SMILES string of the molecule is CC(C)CN(CCN(C)C)c1ccnc(C(N)=S)c1. The van der Waals surface area contributed by atoms with E-state index in [-0.39, 0.29) is 0 Å². The van der Waals surface area contributed by atoms with Crippen LogP contribution in [0, 0.1) is 5.92 Å². The predicted molar refractivity (Wildman–Crippen MR) is 85.7 cm³/mol. The molecule has 0 saturated heterocycles. The second-order valence-electron chi connectivity index (χ2n) is 5.41. The highest BCUT2D eigenvalue weighted by Crippen LogP contribution is 2.16. The summed E-state index contributed by atoms with van der Waals surface area (Å²) in [7, 11) is 4.17. The Hall–Kier alpha value is -1.20. The molecule has 0 aliphatic heterocycles. The van der Waals surface area contributed by atoms with E-state index < -0.39 is 0 Å². The van der Waals surface area contributed by atoms with E-state index in [0.29, 0.717) is 16.6 Å². The van der Waals surface area contributed by atoms with E-state index >= 15 is 0 Å². The van der Waals surface area contributed by atoms with Crippen LogP contribution in [-0.4, -0.2) is 48.6 Å². The van der Waals surface area contributed by atoms with Crippen molar-refractivity contribution in [3.05, 3.63) is 24.0 Å². The lowest BCUT2D eigenvalue weighted by molar-refractivity contribution is 0.409. The summed E-state index contributed by atoms with van der Waals surface area (Å²) in [6.07, 6.45) is 1.77. The second-order valence-corrected chi connectivity index (χ2v) is 5.85. The Morgan fingerprint density at radius 3 is 2.58 bits per heavy atom. The van der Waals surface area contributed by atoms with E-state index in [1.54, 1.807) is 6.20 Å². The molecule has 1 heterocycles.